The lowest BCUT2D eigenvalue weighted by Gasteiger charge is -2.36. The third-order valence-corrected chi connectivity index (χ3v) is 5.27. The van der Waals surface area contributed by atoms with Crippen LogP contribution in [0.5, 0.6) is 0 Å². The van der Waals surface area contributed by atoms with E-state index in [0.717, 1.165) is 16.7 Å². The zero-order valence-electron chi connectivity index (χ0n) is 15.3. The second-order valence-electron chi connectivity index (χ2n) is 6.89. The minimum atomic E-state index is -0.450. The van der Waals surface area contributed by atoms with Crippen molar-refractivity contribution in [1.82, 2.24) is 9.80 Å². The highest BCUT2D eigenvalue weighted by atomic mass is 16.2. The molecule has 2 amide bonds. The molecule has 0 aromatic heterocycles. The Bertz CT molecular complexity index is 791. The summed E-state index contributed by atoms with van der Waals surface area (Å²) in [6.07, 6.45) is 0.552. The number of amides is 2. The third-order valence-electron chi connectivity index (χ3n) is 5.27. The highest BCUT2D eigenvalue weighted by Gasteiger charge is 2.32. The Morgan fingerprint density at radius 1 is 1.12 bits per heavy atom. The molecule has 0 bridgehead atoms. The summed E-state index contributed by atoms with van der Waals surface area (Å²) in [4.78, 5) is 28.4. The summed E-state index contributed by atoms with van der Waals surface area (Å²) in [6, 6.07) is 17.4. The molecule has 2 aromatic rings. The lowest BCUT2D eigenvalue weighted by molar-refractivity contribution is -0.135. The zero-order valence-corrected chi connectivity index (χ0v) is 15.3. The summed E-state index contributed by atoms with van der Waals surface area (Å²) >= 11 is 0. The molecule has 26 heavy (non-hydrogen) atoms. The van der Waals surface area contributed by atoms with Crippen molar-refractivity contribution in [2.45, 2.75) is 32.0 Å². The first-order valence-corrected chi connectivity index (χ1v) is 8.88. The van der Waals surface area contributed by atoms with E-state index in [4.69, 9.17) is 5.73 Å². The van der Waals surface area contributed by atoms with Crippen LogP contribution in [-0.2, 0) is 22.6 Å². The lowest BCUT2D eigenvalue weighted by Crippen LogP contribution is -2.52. The van der Waals surface area contributed by atoms with E-state index in [-0.39, 0.29) is 24.4 Å². The van der Waals surface area contributed by atoms with Crippen molar-refractivity contribution in [3.63, 3.8) is 0 Å². The van der Waals surface area contributed by atoms with Crippen LogP contribution in [0.15, 0.2) is 54.6 Å². The number of benzene rings is 2. The number of likely N-dealkylation sites (N-methyl/N-ethyl adjacent to an activating group) is 1. The van der Waals surface area contributed by atoms with Gasteiger partial charge in [-0.3, -0.25) is 14.5 Å². The normalized spacial score (nSPS) is 18.0. The molecule has 0 radical (unpaired) electrons. The summed E-state index contributed by atoms with van der Waals surface area (Å²) in [5.74, 6) is -0.405. The standard InChI is InChI=1S/C21H25N3O2/c1-15(16-8-4-3-5-9-16)23(2)20(25)14-24-13-18-11-7-6-10-17(18)12-19(24)21(22)26/h3-11,15,19H,12-14H2,1-2H3,(H2,22,26)/t15?,19-/m0/s1. The molecule has 0 saturated carbocycles. The summed E-state index contributed by atoms with van der Waals surface area (Å²) in [5.41, 5.74) is 8.97. The number of fused-ring (bicyclic) bond motifs is 1. The average molecular weight is 351 g/mol. The highest BCUT2D eigenvalue weighted by Crippen LogP contribution is 2.24. The summed E-state index contributed by atoms with van der Waals surface area (Å²) in [5, 5.41) is 0. The molecule has 0 saturated heterocycles. The van der Waals surface area contributed by atoms with Gasteiger partial charge in [0.1, 0.15) is 0 Å². The monoisotopic (exact) mass is 351 g/mol. The van der Waals surface area contributed by atoms with Gasteiger partial charge in [0.25, 0.3) is 0 Å². The number of hydrogen-bond donors (Lipinski definition) is 1. The van der Waals surface area contributed by atoms with E-state index in [0.29, 0.717) is 13.0 Å². The average Bonchev–Trinajstić information content (AvgIpc) is 2.66. The van der Waals surface area contributed by atoms with Crippen LogP contribution in [0.4, 0.5) is 0 Å². The summed E-state index contributed by atoms with van der Waals surface area (Å²) in [6.45, 7) is 2.74. The number of nitrogens with two attached hydrogens (primary N) is 1. The van der Waals surface area contributed by atoms with Crippen LogP contribution in [0.1, 0.15) is 29.7 Å². The van der Waals surface area contributed by atoms with Gasteiger partial charge in [0.05, 0.1) is 18.6 Å². The van der Waals surface area contributed by atoms with Crippen LogP contribution in [0.3, 0.4) is 0 Å². The number of nitrogens with zero attached hydrogens (tertiary/aromatic N) is 2. The van der Waals surface area contributed by atoms with Crippen LogP contribution in [-0.4, -0.2) is 41.2 Å². The van der Waals surface area contributed by atoms with Gasteiger partial charge in [-0.25, -0.2) is 0 Å². The maximum absolute atomic E-state index is 12.8. The van der Waals surface area contributed by atoms with E-state index in [1.54, 1.807) is 11.9 Å². The topological polar surface area (TPSA) is 66.6 Å². The SMILES string of the molecule is CC(c1ccccc1)N(C)C(=O)CN1Cc2ccccc2C[C@H]1C(N)=O. The molecule has 0 fully saturated rings. The first-order chi connectivity index (χ1) is 12.5. The van der Waals surface area contributed by atoms with Gasteiger partial charge in [0.15, 0.2) is 0 Å². The Morgan fingerprint density at radius 2 is 1.73 bits per heavy atom. The molecule has 0 aliphatic carbocycles. The van der Waals surface area contributed by atoms with Gasteiger partial charge in [-0.2, -0.15) is 0 Å². The molecule has 3 rings (SSSR count). The quantitative estimate of drug-likeness (QED) is 0.897. The van der Waals surface area contributed by atoms with Crippen LogP contribution < -0.4 is 5.73 Å². The van der Waals surface area contributed by atoms with E-state index in [1.165, 1.54) is 0 Å². The van der Waals surface area contributed by atoms with Gasteiger partial charge >= 0.3 is 0 Å². The fraction of sp³-hybridized carbons (Fsp3) is 0.333. The minimum absolute atomic E-state index is 0.0213. The fourth-order valence-electron chi connectivity index (χ4n) is 3.48. The van der Waals surface area contributed by atoms with E-state index in [9.17, 15) is 9.59 Å². The van der Waals surface area contributed by atoms with Crippen molar-refractivity contribution < 1.29 is 9.59 Å². The van der Waals surface area contributed by atoms with Gasteiger partial charge in [0, 0.05) is 13.6 Å². The van der Waals surface area contributed by atoms with Gasteiger partial charge in [0.2, 0.25) is 11.8 Å². The molecule has 136 valence electrons. The van der Waals surface area contributed by atoms with Crippen molar-refractivity contribution >= 4 is 11.8 Å². The van der Waals surface area contributed by atoms with Crippen molar-refractivity contribution in [2.24, 2.45) is 5.73 Å². The van der Waals surface area contributed by atoms with E-state index in [2.05, 4.69) is 0 Å². The van der Waals surface area contributed by atoms with E-state index >= 15 is 0 Å². The van der Waals surface area contributed by atoms with Gasteiger partial charge < -0.3 is 10.6 Å². The Kier molecular flexibility index (Phi) is 5.38. The largest absolute Gasteiger partial charge is 0.368 e. The van der Waals surface area contributed by atoms with E-state index < -0.39 is 6.04 Å². The fourth-order valence-corrected chi connectivity index (χ4v) is 3.48. The Labute approximate surface area is 154 Å². The summed E-state index contributed by atoms with van der Waals surface area (Å²) < 4.78 is 0. The molecule has 1 unspecified atom stereocenters. The van der Waals surface area contributed by atoms with Crippen LogP contribution in [0, 0.1) is 0 Å². The number of rotatable bonds is 5. The van der Waals surface area contributed by atoms with Gasteiger partial charge in [-0.15, -0.1) is 0 Å². The second-order valence-corrected chi connectivity index (χ2v) is 6.89. The maximum atomic E-state index is 12.8. The zero-order chi connectivity index (χ0) is 18.7. The van der Waals surface area contributed by atoms with Crippen LogP contribution in [0.25, 0.3) is 0 Å². The van der Waals surface area contributed by atoms with E-state index in [1.807, 2.05) is 66.4 Å². The molecular weight excluding hydrogens is 326 g/mol. The molecule has 5 heteroatoms. The molecule has 2 N–H and O–H groups in total. The molecule has 5 nitrogen and oxygen atoms in total. The number of carbonyl (C=O) groups excluding carboxylic acids is 2. The Morgan fingerprint density at radius 3 is 2.38 bits per heavy atom. The highest BCUT2D eigenvalue weighted by molar-refractivity contribution is 5.83. The second kappa shape index (κ2) is 7.70. The first-order valence-electron chi connectivity index (χ1n) is 8.88. The van der Waals surface area contributed by atoms with Crippen molar-refractivity contribution in [3.8, 4) is 0 Å². The van der Waals surface area contributed by atoms with Crippen molar-refractivity contribution in [3.05, 3.63) is 71.3 Å². The molecule has 2 atom stereocenters. The molecular formula is C21H25N3O2. The van der Waals surface area contributed by atoms with Crippen molar-refractivity contribution in [2.75, 3.05) is 13.6 Å². The van der Waals surface area contributed by atoms with Crippen molar-refractivity contribution in [1.29, 1.82) is 0 Å². The van der Waals surface area contributed by atoms with Crippen LogP contribution >= 0.6 is 0 Å². The molecule has 1 heterocycles. The van der Waals surface area contributed by atoms with Gasteiger partial charge in [-0.1, -0.05) is 54.6 Å². The molecule has 1 aliphatic heterocycles. The predicted molar refractivity (Wildman–Crippen MR) is 101 cm³/mol. The molecule has 2 aromatic carbocycles. The molecule has 1 aliphatic rings. The lowest BCUT2D eigenvalue weighted by atomic mass is 9.93. The maximum Gasteiger partial charge on any atom is 0.237 e. The Balaban J connectivity index is 1.74. The molecule has 0 spiro atoms. The smallest absolute Gasteiger partial charge is 0.237 e. The first kappa shape index (κ1) is 18.1. The third kappa shape index (κ3) is 3.78. The minimum Gasteiger partial charge on any atom is -0.368 e. The van der Waals surface area contributed by atoms with Gasteiger partial charge in [-0.05, 0) is 30.0 Å². The number of carbonyl (C=O) groups is 2. The Hall–Kier alpha value is -2.66. The summed E-state index contributed by atoms with van der Waals surface area (Å²) in [7, 11) is 1.80. The number of hydrogen-bond acceptors (Lipinski definition) is 3. The predicted octanol–water partition coefficient (Wildman–Crippen LogP) is 2.12. The number of primary amides is 1. The van der Waals surface area contributed by atoms with Crippen LogP contribution in [0.2, 0.25) is 0 Å².